The van der Waals surface area contributed by atoms with Gasteiger partial charge >= 0.3 is 0 Å². The van der Waals surface area contributed by atoms with Crippen LogP contribution >= 0.6 is 34.7 Å². The van der Waals surface area contributed by atoms with Gasteiger partial charge in [0.25, 0.3) is 5.91 Å². The molecular weight excluding hydrogens is 516 g/mol. The Morgan fingerprint density at radius 2 is 1.92 bits per heavy atom. The number of hydrogen-bond donors (Lipinski definition) is 0. The average molecular weight is 541 g/mol. The standard InChI is InChI=1S/C25H25ClN6O2S2/c1-15-4-5-19(26)10-21(15)32-23(18-6-8-27-9-7-18)29-30-25(32)36-14-22-28-20(13-35-22)24(33)31-11-16(2)34-17(3)12-31/h4-10,13,16-17H,11-12,14H2,1-3H3. The third-order valence-corrected chi connectivity index (χ3v) is 7.99. The van der Waals surface area contributed by atoms with E-state index >= 15 is 0 Å². The predicted molar refractivity (Wildman–Crippen MR) is 142 cm³/mol. The fourth-order valence-electron chi connectivity index (χ4n) is 4.20. The number of morpholine rings is 1. The van der Waals surface area contributed by atoms with Crippen molar-refractivity contribution in [2.24, 2.45) is 0 Å². The third kappa shape index (κ3) is 5.31. The van der Waals surface area contributed by atoms with Gasteiger partial charge in [-0.15, -0.1) is 21.5 Å². The van der Waals surface area contributed by atoms with Gasteiger partial charge in [0, 0.05) is 41.4 Å². The maximum atomic E-state index is 13.0. The molecule has 0 saturated carbocycles. The Labute approximate surface area is 222 Å². The van der Waals surface area contributed by atoms with Crippen molar-refractivity contribution >= 4 is 40.6 Å². The quantitative estimate of drug-likeness (QED) is 0.307. The normalized spacial score (nSPS) is 17.9. The summed E-state index contributed by atoms with van der Waals surface area (Å²) in [6.45, 7) is 7.14. The number of rotatable bonds is 6. The molecule has 186 valence electrons. The van der Waals surface area contributed by atoms with Crippen LogP contribution in [0.5, 0.6) is 0 Å². The number of carbonyl (C=O) groups is 1. The first kappa shape index (κ1) is 24.9. The largest absolute Gasteiger partial charge is 0.372 e. The fraction of sp³-hybridized carbons (Fsp3) is 0.320. The van der Waals surface area contributed by atoms with E-state index in [1.807, 2.05) is 66.0 Å². The molecule has 1 fully saturated rings. The number of hydrogen-bond acceptors (Lipinski definition) is 8. The van der Waals surface area contributed by atoms with Gasteiger partial charge in [0.1, 0.15) is 10.7 Å². The summed E-state index contributed by atoms with van der Waals surface area (Å²) in [4.78, 5) is 23.6. The molecule has 3 aromatic heterocycles. The van der Waals surface area contributed by atoms with E-state index in [1.165, 1.54) is 23.1 Å². The van der Waals surface area contributed by atoms with Crippen LogP contribution in [-0.2, 0) is 10.5 Å². The highest BCUT2D eigenvalue weighted by molar-refractivity contribution is 7.98. The summed E-state index contributed by atoms with van der Waals surface area (Å²) in [5.74, 6) is 1.21. The highest BCUT2D eigenvalue weighted by Gasteiger charge is 2.28. The molecule has 1 aromatic carbocycles. The van der Waals surface area contributed by atoms with E-state index in [2.05, 4.69) is 20.2 Å². The average Bonchev–Trinajstić information content (AvgIpc) is 3.51. The maximum Gasteiger partial charge on any atom is 0.273 e. The Morgan fingerprint density at radius 3 is 2.67 bits per heavy atom. The van der Waals surface area contributed by atoms with Crippen LogP contribution in [0.2, 0.25) is 5.02 Å². The Kier molecular flexibility index (Phi) is 7.38. The van der Waals surface area contributed by atoms with Crippen molar-refractivity contribution in [2.45, 2.75) is 43.9 Å². The summed E-state index contributed by atoms with van der Waals surface area (Å²) >= 11 is 9.34. The maximum absolute atomic E-state index is 13.0. The van der Waals surface area contributed by atoms with Crippen molar-refractivity contribution in [3.05, 3.63) is 69.4 Å². The topological polar surface area (TPSA) is 86.0 Å². The predicted octanol–water partition coefficient (Wildman–Crippen LogP) is 5.29. The highest BCUT2D eigenvalue weighted by Crippen LogP contribution is 2.32. The van der Waals surface area contributed by atoms with Gasteiger partial charge in [-0.2, -0.15) is 0 Å². The molecule has 8 nitrogen and oxygen atoms in total. The third-order valence-electron chi connectivity index (χ3n) is 5.79. The number of benzene rings is 1. The van der Waals surface area contributed by atoms with Crippen molar-refractivity contribution < 1.29 is 9.53 Å². The molecule has 36 heavy (non-hydrogen) atoms. The minimum Gasteiger partial charge on any atom is -0.372 e. The highest BCUT2D eigenvalue weighted by atomic mass is 35.5. The molecule has 1 amide bonds. The molecule has 4 heterocycles. The smallest absolute Gasteiger partial charge is 0.273 e. The van der Waals surface area contributed by atoms with E-state index in [1.54, 1.807) is 12.4 Å². The van der Waals surface area contributed by atoms with Crippen molar-refractivity contribution in [3.63, 3.8) is 0 Å². The molecule has 0 radical (unpaired) electrons. The van der Waals surface area contributed by atoms with E-state index in [0.29, 0.717) is 40.5 Å². The number of ether oxygens (including phenoxy) is 1. The molecule has 2 unspecified atom stereocenters. The van der Waals surface area contributed by atoms with E-state index < -0.39 is 0 Å². The van der Waals surface area contributed by atoms with Crippen molar-refractivity contribution in [3.8, 4) is 17.1 Å². The number of halogens is 1. The lowest BCUT2D eigenvalue weighted by Crippen LogP contribution is -2.48. The van der Waals surface area contributed by atoms with Crippen LogP contribution < -0.4 is 0 Å². The summed E-state index contributed by atoms with van der Waals surface area (Å²) in [7, 11) is 0. The Bertz CT molecular complexity index is 1370. The zero-order valence-corrected chi connectivity index (χ0v) is 22.5. The molecule has 11 heteroatoms. The van der Waals surface area contributed by atoms with Crippen LogP contribution in [0.1, 0.15) is 34.9 Å². The minimum atomic E-state index is -0.0535. The molecule has 0 spiro atoms. The number of aryl methyl sites for hydroxylation is 1. The van der Waals surface area contributed by atoms with Crippen LogP contribution in [0.25, 0.3) is 17.1 Å². The number of pyridine rings is 1. The second kappa shape index (κ2) is 10.7. The van der Waals surface area contributed by atoms with Crippen LogP contribution in [0.4, 0.5) is 0 Å². The first-order valence-corrected chi connectivity index (χ1v) is 13.8. The van der Waals surface area contributed by atoms with E-state index in [4.69, 9.17) is 16.3 Å². The summed E-state index contributed by atoms with van der Waals surface area (Å²) in [6.07, 6.45) is 3.50. The molecule has 0 aliphatic carbocycles. The first-order valence-electron chi connectivity index (χ1n) is 11.5. The molecule has 1 aliphatic heterocycles. The van der Waals surface area contributed by atoms with E-state index in [-0.39, 0.29) is 18.1 Å². The van der Waals surface area contributed by atoms with Crippen molar-refractivity contribution in [2.75, 3.05) is 13.1 Å². The molecule has 0 N–H and O–H groups in total. The molecule has 0 bridgehead atoms. The van der Waals surface area contributed by atoms with Gasteiger partial charge in [-0.1, -0.05) is 29.4 Å². The molecule has 4 aromatic rings. The van der Waals surface area contributed by atoms with Crippen LogP contribution in [0, 0.1) is 6.92 Å². The van der Waals surface area contributed by atoms with Crippen molar-refractivity contribution in [1.29, 1.82) is 0 Å². The zero-order valence-electron chi connectivity index (χ0n) is 20.1. The summed E-state index contributed by atoms with van der Waals surface area (Å²) in [5, 5.41) is 13.0. The van der Waals surface area contributed by atoms with Crippen molar-refractivity contribution in [1.82, 2.24) is 29.6 Å². The first-order chi connectivity index (χ1) is 17.4. The van der Waals surface area contributed by atoms with Crippen LogP contribution in [0.15, 0.2) is 53.3 Å². The monoisotopic (exact) mass is 540 g/mol. The molecule has 1 saturated heterocycles. The van der Waals surface area contributed by atoms with Crippen LogP contribution in [0.3, 0.4) is 0 Å². The lowest BCUT2D eigenvalue weighted by molar-refractivity contribution is -0.0587. The van der Waals surface area contributed by atoms with Gasteiger partial charge in [0.05, 0.1) is 23.6 Å². The van der Waals surface area contributed by atoms with E-state index in [0.717, 1.165) is 21.8 Å². The van der Waals surface area contributed by atoms with E-state index in [9.17, 15) is 4.79 Å². The Hall–Kier alpha value is -2.79. The second-order valence-corrected chi connectivity index (χ2v) is 11.0. The number of thioether (sulfide) groups is 1. The minimum absolute atomic E-state index is 0.0160. The number of amides is 1. The Morgan fingerprint density at radius 1 is 1.17 bits per heavy atom. The number of thiazole rings is 1. The van der Waals surface area contributed by atoms with Gasteiger partial charge in [0.2, 0.25) is 0 Å². The molecule has 1 aliphatic rings. The molecule has 2 atom stereocenters. The van der Waals surface area contributed by atoms with Crippen LogP contribution in [-0.4, -0.2) is 60.8 Å². The number of nitrogens with zero attached hydrogens (tertiary/aromatic N) is 6. The Balaban J connectivity index is 1.39. The van der Waals surface area contributed by atoms with Gasteiger partial charge in [0.15, 0.2) is 11.0 Å². The summed E-state index contributed by atoms with van der Waals surface area (Å²) < 4.78 is 7.76. The number of aromatic nitrogens is 5. The zero-order chi connectivity index (χ0) is 25.2. The summed E-state index contributed by atoms with van der Waals surface area (Å²) in [5.41, 5.74) is 3.33. The second-order valence-electron chi connectivity index (χ2n) is 8.69. The van der Waals surface area contributed by atoms with Gasteiger partial charge in [-0.3, -0.25) is 14.3 Å². The number of carbonyl (C=O) groups excluding carboxylic acids is 1. The lowest BCUT2D eigenvalue weighted by Gasteiger charge is -2.34. The van der Waals surface area contributed by atoms with Gasteiger partial charge in [-0.25, -0.2) is 4.98 Å². The SMILES string of the molecule is Cc1ccc(Cl)cc1-n1c(SCc2nc(C(=O)N3CC(C)OC(C)C3)cs2)nnc1-c1ccncc1. The molecular formula is C25H25ClN6O2S2. The lowest BCUT2D eigenvalue weighted by atomic mass is 10.2. The summed E-state index contributed by atoms with van der Waals surface area (Å²) in [6, 6.07) is 9.57. The van der Waals surface area contributed by atoms with Gasteiger partial charge < -0.3 is 9.64 Å². The molecule has 5 rings (SSSR count). The van der Waals surface area contributed by atoms with Gasteiger partial charge in [-0.05, 0) is 50.6 Å². The fourth-order valence-corrected chi connectivity index (χ4v) is 6.10.